The molecule has 1 saturated heterocycles. The van der Waals surface area contributed by atoms with Crippen LogP contribution in [0.15, 0.2) is 42.5 Å². The highest BCUT2D eigenvalue weighted by Crippen LogP contribution is 2.42. The molecular formula is C31H32N8O6S. The number of amides is 3. The second-order valence-electron chi connectivity index (χ2n) is 11.0. The minimum Gasteiger partial charge on any atom is -0.494 e. The number of benzene rings is 2. The quantitative estimate of drug-likeness (QED) is 0.146. The number of carbonyl (C=O) groups is 5. The van der Waals surface area contributed by atoms with Gasteiger partial charge < -0.3 is 20.4 Å². The number of methoxy groups -OCH3 is 1. The first-order valence-electron chi connectivity index (χ1n) is 14.7. The number of nitrogens with one attached hydrogen (secondary N) is 3. The van der Waals surface area contributed by atoms with E-state index in [9.17, 15) is 24.0 Å². The van der Waals surface area contributed by atoms with E-state index in [0.717, 1.165) is 11.8 Å². The average molecular weight is 645 g/mol. The molecule has 1 aliphatic carbocycles. The van der Waals surface area contributed by atoms with Crippen LogP contribution < -0.4 is 26.4 Å². The van der Waals surface area contributed by atoms with Crippen molar-refractivity contribution in [1.29, 1.82) is 0 Å². The number of nitrogens with zero attached hydrogens (tertiary/aromatic N) is 4. The zero-order chi connectivity index (χ0) is 32.7. The van der Waals surface area contributed by atoms with E-state index in [-0.39, 0.29) is 41.3 Å². The maximum absolute atomic E-state index is 13.3. The Balaban J connectivity index is 1.18. The van der Waals surface area contributed by atoms with E-state index in [1.807, 2.05) is 6.92 Å². The number of ether oxygens (including phenoxy) is 1. The second-order valence-corrected chi connectivity index (χ2v) is 12.2. The van der Waals surface area contributed by atoms with Gasteiger partial charge in [0.15, 0.2) is 4.87 Å². The van der Waals surface area contributed by atoms with E-state index in [1.165, 1.54) is 19.2 Å². The number of aromatic nitrogens is 4. The maximum Gasteiger partial charge on any atom is 0.276 e. The molecule has 6 rings (SSSR count). The molecular weight excluding hydrogens is 612 g/mol. The minimum atomic E-state index is -1.49. The fourth-order valence-electron chi connectivity index (χ4n) is 5.85. The molecule has 238 valence electrons. The first-order valence-corrected chi connectivity index (χ1v) is 15.7. The van der Waals surface area contributed by atoms with E-state index in [2.05, 4.69) is 26.0 Å². The molecule has 4 aromatic rings. The molecule has 14 nitrogen and oxygen atoms in total. The minimum absolute atomic E-state index is 0.195. The topological polar surface area (TPSA) is 192 Å². The van der Waals surface area contributed by atoms with Crippen LogP contribution in [0.1, 0.15) is 60.6 Å². The molecule has 1 spiro atoms. The molecule has 0 saturated carbocycles. The van der Waals surface area contributed by atoms with Gasteiger partial charge in [-0.1, -0.05) is 24.3 Å². The molecule has 0 radical (unpaired) electrons. The number of imidazole rings is 1. The molecule has 1 atom stereocenters. The summed E-state index contributed by atoms with van der Waals surface area (Å²) >= 11 is 1.14. The Hall–Kier alpha value is -5.02. The molecule has 1 fully saturated rings. The Morgan fingerprint density at radius 1 is 1.15 bits per heavy atom. The van der Waals surface area contributed by atoms with Crippen molar-refractivity contribution < 1.29 is 28.7 Å². The molecule has 1 aliphatic heterocycles. The van der Waals surface area contributed by atoms with Crippen LogP contribution in [0.25, 0.3) is 11.0 Å². The van der Waals surface area contributed by atoms with Gasteiger partial charge in [0.25, 0.3) is 5.91 Å². The Kier molecular flexibility index (Phi) is 8.12. The number of anilines is 1. The van der Waals surface area contributed by atoms with Gasteiger partial charge in [-0.3, -0.25) is 39.3 Å². The highest BCUT2D eigenvalue weighted by molar-refractivity contribution is 8.02. The molecule has 1 unspecified atom stereocenters. The lowest BCUT2D eigenvalue weighted by atomic mass is 10.1. The van der Waals surface area contributed by atoms with Crippen molar-refractivity contribution in [3.63, 3.8) is 0 Å². The normalized spacial score (nSPS) is 16.6. The lowest BCUT2D eigenvalue weighted by Crippen LogP contribution is -2.54. The van der Waals surface area contributed by atoms with Gasteiger partial charge in [-0.05, 0) is 38.5 Å². The smallest absolute Gasteiger partial charge is 0.276 e. The van der Waals surface area contributed by atoms with Crippen molar-refractivity contribution in [1.82, 2.24) is 30.0 Å². The van der Waals surface area contributed by atoms with Gasteiger partial charge in [0, 0.05) is 42.1 Å². The van der Waals surface area contributed by atoms with Gasteiger partial charge in [0.2, 0.25) is 29.3 Å². The zero-order valence-corrected chi connectivity index (χ0v) is 26.2. The number of rotatable bonds is 10. The van der Waals surface area contributed by atoms with E-state index in [4.69, 9.17) is 10.5 Å². The number of thioether (sulfide) groups is 1. The number of aryl methyl sites for hydroxylation is 3. The predicted molar refractivity (Wildman–Crippen MR) is 170 cm³/mol. The summed E-state index contributed by atoms with van der Waals surface area (Å²) in [5, 5.41) is 13.1. The number of nitrogens with two attached hydrogens (primary N) is 1. The van der Waals surface area contributed by atoms with Gasteiger partial charge in [0.1, 0.15) is 17.0 Å². The molecule has 0 bridgehead atoms. The zero-order valence-electron chi connectivity index (χ0n) is 25.4. The van der Waals surface area contributed by atoms with Crippen LogP contribution >= 0.6 is 11.8 Å². The van der Waals surface area contributed by atoms with E-state index in [1.54, 1.807) is 46.5 Å². The lowest BCUT2D eigenvalue weighted by molar-refractivity contribution is -0.122. The summed E-state index contributed by atoms with van der Waals surface area (Å²) in [6, 6.07) is 10.6. The Bertz CT molecular complexity index is 1900. The van der Waals surface area contributed by atoms with Gasteiger partial charge in [-0.2, -0.15) is 5.10 Å². The fourth-order valence-corrected chi connectivity index (χ4v) is 7.21. The first kappa shape index (κ1) is 31.0. The first-order chi connectivity index (χ1) is 22.1. The number of fused-ring (bicyclic) bond motifs is 2. The Labute approximate surface area is 267 Å². The molecule has 3 heterocycles. The predicted octanol–water partition coefficient (Wildman–Crippen LogP) is 1.91. The fraction of sp³-hybridized carbons (Fsp3) is 0.323. The van der Waals surface area contributed by atoms with E-state index < -0.39 is 22.7 Å². The summed E-state index contributed by atoms with van der Waals surface area (Å²) in [4.78, 5) is 67.8. The van der Waals surface area contributed by atoms with Crippen LogP contribution in [0.4, 0.5) is 5.95 Å². The second kappa shape index (κ2) is 12.1. The van der Waals surface area contributed by atoms with Crippen molar-refractivity contribution in [2.24, 2.45) is 5.73 Å². The van der Waals surface area contributed by atoms with Gasteiger partial charge in [0.05, 0.1) is 24.4 Å². The van der Waals surface area contributed by atoms with Crippen LogP contribution in [0.2, 0.25) is 0 Å². The van der Waals surface area contributed by atoms with Crippen LogP contribution in [0.5, 0.6) is 5.75 Å². The van der Waals surface area contributed by atoms with E-state index in [0.29, 0.717) is 58.8 Å². The molecule has 15 heteroatoms. The van der Waals surface area contributed by atoms with Crippen molar-refractivity contribution in [2.45, 2.75) is 44.3 Å². The van der Waals surface area contributed by atoms with Crippen LogP contribution in [0.3, 0.4) is 0 Å². The standard InChI is InChI=1S/C31H32N8O6S/c1-4-39-22(12-16(2)37-39)29(44)35-30-34-20-13-17(27(32)42)14-23(45-3)24(20)38(30)11-7-10-33-28(43)21-15-46-31(36-21)25(40)18-8-5-6-9-19(18)26(31)41/h5-6,8-9,12-14,21,36H,4,7,10-11,15H2,1-3H3,(H2,32,42)(H,33,43)(H,34,35,44). The number of ketones is 2. The van der Waals surface area contributed by atoms with Gasteiger partial charge in [-0.15, -0.1) is 11.8 Å². The Morgan fingerprint density at radius 2 is 1.87 bits per heavy atom. The largest absolute Gasteiger partial charge is 0.494 e. The van der Waals surface area contributed by atoms with Gasteiger partial charge >= 0.3 is 0 Å². The van der Waals surface area contributed by atoms with Crippen molar-refractivity contribution >= 4 is 58.0 Å². The molecule has 3 amide bonds. The van der Waals surface area contributed by atoms with Crippen molar-refractivity contribution in [3.8, 4) is 5.75 Å². The molecule has 2 aromatic heterocycles. The third-order valence-electron chi connectivity index (χ3n) is 8.04. The number of hydrogen-bond donors (Lipinski definition) is 4. The summed E-state index contributed by atoms with van der Waals surface area (Å²) in [5.74, 6) is -1.28. The average Bonchev–Trinajstić information content (AvgIpc) is 3.80. The molecule has 2 aromatic carbocycles. The highest BCUT2D eigenvalue weighted by atomic mass is 32.2. The number of primary amides is 1. The third-order valence-corrected chi connectivity index (χ3v) is 9.47. The summed E-state index contributed by atoms with van der Waals surface area (Å²) in [5.41, 5.74) is 8.40. The van der Waals surface area contributed by atoms with Crippen LogP contribution in [-0.2, 0) is 17.9 Å². The molecule has 2 aliphatic rings. The maximum atomic E-state index is 13.3. The number of hydrogen-bond acceptors (Lipinski definition) is 10. The third kappa shape index (κ3) is 5.20. The highest BCUT2D eigenvalue weighted by Gasteiger charge is 2.58. The summed E-state index contributed by atoms with van der Waals surface area (Å²) in [6.45, 7) is 4.71. The summed E-state index contributed by atoms with van der Waals surface area (Å²) in [7, 11) is 1.45. The van der Waals surface area contributed by atoms with Crippen LogP contribution in [0, 0.1) is 6.92 Å². The Morgan fingerprint density at radius 3 is 2.52 bits per heavy atom. The number of Topliss-reactive ketones (excluding diaryl/α,β-unsaturated/α-hetero) is 2. The van der Waals surface area contributed by atoms with Crippen molar-refractivity contribution in [3.05, 3.63) is 70.5 Å². The van der Waals surface area contributed by atoms with E-state index >= 15 is 0 Å². The molecule has 46 heavy (non-hydrogen) atoms. The molecule has 5 N–H and O–H groups in total. The number of carbonyl (C=O) groups excluding carboxylic acids is 5. The SMILES string of the molecule is CCn1nc(C)cc1C(=O)Nc1nc2cc(C(N)=O)cc(OC)c2n1CCCNC(=O)C1CSC2(N1)C(=O)c1ccccc1C2=O. The summed E-state index contributed by atoms with van der Waals surface area (Å²) in [6.07, 6.45) is 0.418. The lowest BCUT2D eigenvalue weighted by Gasteiger charge is -2.20. The monoisotopic (exact) mass is 644 g/mol. The van der Waals surface area contributed by atoms with Gasteiger partial charge in [-0.25, -0.2) is 4.98 Å². The van der Waals surface area contributed by atoms with Crippen LogP contribution in [-0.4, -0.2) is 78.9 Å². The summed E-state index contributed by atoms with van der Waals surface area (Å²) < 4.78 is 8.90. The van der Waals surface area contributed by atoms with Crippen molar-refractivity contribution in [2.75, 3.05) is 24.7 Å².